The molecule has 2 aromatic rings. The summed E-state index contributed by atoms with van der Waals surface area (Å²) >= 11 is 0. The number of aromatic nitrogens is 1. The summed E-state index contributed by atoms with van der Waals surface area (Å²) in [5, 5.41) is 3.29. The van der Waals surface area contributed by atoms with Crippen LogP contribution in [0.1, 0.15) is 29.8 Å². The SMILES string of the molecule is COc1cccc(F)c1C(C)NCc1ncccc1C. The summed E-state index contributed by atoms with van der Waals surface area (Å²) in [5.41, 5.74) is 2.63. The predicted molar refractivity (Wildman–Crippen MR) is 77.2 cm³/mol. The molecule has 0 spiro atoms. The molecule has 0 saturated heterocycles. The summed E-state index contributed by atoms with van der Waals surface area (Å²) in [6, 6.07) is 8.62. The Morgan fingerprint density at radius 3 is 2.80 bits per heavy atom. The molecule has 0 aliphatic carbocycles. The summed E-state index contributed by atoms with van der Waals surface area (Å²) < 4.78 is 19.2. The van der Waals surface area contributed by atoms with Gasteiger partial charge in [0, 0.05) is 24.3 Å². The highest BCUT2D eigenvalue weighted by Gasteiger charge is 2.16. The van der Waals surface area contributed by atoms with E-state index in [-0.39, 0.29) is 11.9 Å². The van der Waals surface area contributed by atoms with E-state index in [1.807, 2.05) is 26.0 Å². The van der Waals surface area contributed by atoms with Gasteiger partial charge in [0.15, 0.2) is 0 Å². The van der Waals surface area contributed by atoms with Gasteiger partial charge in [0.05, 0.1) is 12.8 Å². The van der Waals surface area contributed by atoms with Gasteiger partial charge in [0.25, 0.3) is 0 Å². The fourth-order valence-corrected chi connectivity index (χ4v) is 2.17. The number of halogens is 1. The standard InChI is InChI=1S/C16H19FN2O/c1-11-6-5-9-18-14(11)10-19-12(2)16-13(17)7-4-8-15(16)20-3/h4-9,12,19H,10H2,1-3H3. The molecule has 0 fully saturated rings. The first kappa shape index (κ1) is 14.5. The zero-order chi connectivity index (χ0) is 14.5. The monoisotopic (exact) mass is 274 g/mol. The summed E-state index contributed by atoms with van der Waals surface area (Å²) in [6.45, 7) is 4.52. The van der Waals surface area contributed by atoms with Crippen LogP contribution in [0.5, 0.6) is 5.75 Å². The average molecular weight is 274 g/mol. The fraction of sp³-hybridized carbons (Fsp3) is 0.312. The number of nitrogens with zero attached hydrogens (tertiary/aromatic N) is 1. The zero-order valence-electron chi connectivity index (χ0n) is 12.0. The van der Waals surface area contributed by atoms with Gasteiger partial charge in [0.2, 0.25) is 0 Å². The van der Waals surface area contributed by atoms with Gasteiger partial charge in [-0.2, -0.15) is 0 Å². The van der Waals surface area contributed by atoms with Crippen molar-refractivity contribution in [1.82, 2.24) is 10.3 Å². The summed E-state index contributed by atoms with van der Waals surface area (Å²) in [4.78, 5) is 4.32. The Labute approximate surface area is 118 Å². The van der Waals surface area contributed by atoms with Gasteiger partial charge < -0.3 is 10.1 Å². The van der Waals surface area contributed by atoms with E-state index in [1.54, 1.807) is 25.4 Å². The van der Waals surface area contributed by atoms with Crippen molar-refractivity contribution in [3.05, 3.63) is 59.2 Å². The van der Waals surface area contributed by atoms with Gasteiger partial charge in [-0.05, 0) is 37.6 Å². The molecule has 0 amide bonds. The molecule has 2 rings (SSSR count). The van der Waals surface area contributed by atoms with Crippen molar-refractivity contribution in [3.8, 4) is 5.75 Å². The Morgan fingerprint density at radius 1 is 1.30 bits per heavy atom. The van der Waals surface area contributed by atoms with E-state index in [4.69, 9.17) is 4.74 Å². The second-order valence-corrected chi connectivity index (χ2v) is 4.73. The lowest BCUT2D eigenvalue weighted by molar-refractivity contribution is 0.393. The number of hydrogen-bond donors (Lipinski definition) is 1. The van der Waals surface area contributed by atoms with Crippen molar-refractivity contribution in [1.29, 1.82) is 0 Å². The number of pyridine rings is 1. The molecular weight excluding hydrogens is 255 g/mol. The number of nitrogens with one attached hydrogen (secondary N) is 1. The highest BCUT2D eigenvalue weighted by Crippen LogP contribution is 2.27. The molecule has 0 aliphatic rings. The second kappa shape index (κ2) is 6.48. The summed E-state index contributed by atoms with van der Waals surface area (Å²) in [6.07, 6.45) is 1.76. The molecule has 106 valence electrons. The highest BCUT2D eigenvalue weighted by molar-refractivity contribution is 5.37. The third-order valence-corrected chi connectivity index (χ3v) is 3.36. The van der Waals surface area contributed by atoms with Crippen molar-refractivity contribution in [2.75, 3.05) is 7.11 Å². The van der Waals surface area contributed by atoms with Gasteiger partial charge >= 0.3 is 0 Å². The zero-order valence-corrected chi connectivity index (χ0v) is 12.0. The predicted octanol–water partition coefficient (Wildman–Crippen LogP) is 3.39. The number of aryl methyl sites for hydroxylation is 1. The topological polar surface area (TPSA) is 34.1 Å². The molecule has 0 radical (unpaired) electrons. The number of hydrogen-bond acceptors (Lipinski definition) is 3. The quantitative estimate of drug-likeness (QED) is 0.907. The van der Waals surface area contributed by atoms with Crippen LogP contribution >= 0.6 is 0 Å². The van der Waals surface area contributed by atoms with Gasteiger partial charge in [-0.3, -0.25) is 4.98 Å². The maximum Gasteiger partial charge on any atom is 0.131 e. The maximum atomic E-state index is 14.0. The molecule has 20 heavy (non-hydrogen) atoms. The molecule has 1 aromatic heterocycles. The third-order valence-electron chi connectivity index (χ3n) is 3.36. The lowest BCUT2D eigenvalue weighted by atomic mass is 10.1. The van der Waals surface area contributed by atoms with Crippen molar-refractivity contribution >= 4 is 0 Å². The van der Waals surface area contributed by atoms with E-state index < -0.39 is 0 Å². The first-order chi connectivity index (χ1) is 9.63. The average Bonchev–Trinajstić information content (AvgIpc) is 2.45. The highest BCUT2D eigenvalue weighted by atomic mass is 19.1. The lowest BCUT2D eigenvalue weighted by Gasteiger charge is -2.18. The fourth-order valence-electron chi connectivity index (χ4n) is 2.17. The normalized spacial score (nSPS) is 12.2. The minimum absolute atomic E-state index is 0.160. The third kappa shape index (κ3) is 3.14. The molecule has 0 aliphatic heterocycles. The Kier molecular flexibility index (Phi) is 4.69. The molecule has 1 aromatic carbocycles. The molecule has 0 bridgehead atoms. The van der Waals surface area contributed by atoms with E-state index in [2.05, 4.69) is 10.3 Å². The molecule has 1 unspecified atom stereocenters. The van der Waals surface area contributed by atoms with Crippen LogP contribution in [0.25, 0.3) is 0 Å². The minimum Gasteiger partial charge on any atom is -0.496 e. The van der Waals surface area contributed by atoms with Crippen LogP contribution in [0.2, 0.25) is 0 Å². The molecule has 1 N–H and O–H groups in total. The maximum absolute atomic E-state index is 14.0. The first-order valence-electron chi connectivity index (χ1n) is 6.59. The van der Waals surface area contributed by atoms with E-state index >= 15 is 0 Å². The van der Waals surface area contributed by atoms with Crippen molar-refractivity contribution in [2.24, 2.45) is 0 Å². The van der Waals surface area contributed by atoms with Crippen LogP contribution in [-0.2, 0) is 6.54 Å². The van der Waals surface area contributed by atoms with Gasteiger partial charge in [-0.1, -0.05) is 12.1 Å². The molecule has 1 heterocycles. The first-order valence-corrected chi connectivity index (χ1v) is 6.59. The molecule has 4 heteroatoms. The summed E-state index contributed by atoms with van der Waals surface area (Å²) in [7, 11) is 1.55. The van der Waals surface area contributed by atoms with Crippen molar-refractivity contribution in [3.63, 3.8) is 0 Å². The largest absolute Gasteiger partial charge is 0.496 e. The van der Waals surface area contributed by atoms with Gasteiger partial charge in [-0.15, -0.1) is 0 Å². The Bertz CT molecular complexity index is 586. The number of ether oxygens (including phenoxy) is 1. The van der Waals surface area contributed by atoms with Crippen LogP contribution in [0.4, 0.5) is 4.39 Å². The van der Waals surface area contributed by atoms with Crippen molar-refractivity contribution < 1.29 is 9.13 Å². The van der Waals surface area contributed by atoms with Crippen LogP contribution in [0, 0.1) is 12.7 Å². The van der Waals surface area contributed by atoms with Crippen molar-refractivity contribution in [2.45, 2.75) is 26.4 Å². The van der Waals surface area contributed by atoms with Crippen LogP contribution in [0.3, 0.4) is 0 Å². The van der Waals surface area contributed by atoms with E-state index in [1.165, 1.54) is 6.07 Å². The molecule has 3 nitrogen and oxygen atoms in total. The molecule has 1 atom stereocenters. The number of benzene rings is 1. The molecular formula is C16H19FN2O. The van der Waals surface area contributed by atoms with Crippen LogP contribution in [0.15, 0.2) is 36.5 Å². The summed E-state index contributed by atoms with van der Waals surface area (Å²) in [5.74, 6) is 0.296. The Balaban J connectivity index is 2.13. The van der Waals surface area contributed by atoms with E-state index in [9.17, 15) is 4.39 Å². The van der Waals surface area contributed by atoms with E-state index in [0.29, 0.717) is 17.9 Å². The number of methoxy groups -OCH3 is 1. The van der Waals surface area contributed by atoms with E-state index in [0.717, 1.165) is 11.3 Å². The lowest BCUT2D eigenvalue weighted by Crippen LogP contribution is -2.21. The van der Waals surface area contributed by atoms with Crippen LogP contribution in [-0.4, -0.2) is 12.1 Å². The number of rotatable bonds is 5. The minimum atomic E-state index is -0.262. The smallest absolute Gasteiger partial charge is 0.131 e. The Morgan fingerprint density at radius 2 is 2.10 bits per heavy atom. The van der Waals surface area contributed by atoms with Gasteiger partial charge in [-0.25, -0.2) is 4.39 Å². The van der Waals surface area contributed by atoms with Gasteiger partial charge in [0.1, 0.15) is 11.6 Å². The molecule has 0 saturated carbocycles. The van der Waals surface area contributed by atoms with Crippen LogP contribution < -0.4 is 10.1 Å². The second-order valence-electron chi connectivity index (χ2n) is 4.73. The Hall–Kier alpha value is -1.94.